The van der Waals surface area contributed by atoms with E-state index >= 15 is 0 Å². The van der Waals surface area contributed by atoms with E-state index in [9.17, 15) is 0 Å². The third-order valence-corrected chi connectivity index (χ3v) is 4.12. The lowest BCUT2D eigenvalue weighted by Gasteiger charge is -2.24. The molecule has 0 aromatic rings. The first-order valence-corrected chi connectivity index (χ1v) is 6.22. The minimum atomic E-state index is 0.825. The Morgan fingerprint density at radius 2 is 2.00 bits per heavy atom. The summed E-state index contributed by atoms with van der Waals surface area (Å²) < 4.78 is 0. The van der Waals surface area contributed by atoms with Gasteiger partial charge in [-0.2, -0.15) is 0 Å². The Morgan fingerprint density at radius 1 is 1.21 bits per heavy atom. The number of rotatable bonds is 3. The van der Waals surface area contributed by atoms with Crippen molar-refractivity contribution in [3.8, 4) is 0 Å². The molecule has 1 heterocycles. The van der Waals surface area contributed by atoms with Gasteiger partial charge in [-0.05, 0) is 50.1 Å². The van der Waals surface area contributed by atoms with Gasteiger partial charge in [-0.3, -0.25) is 0 Å². The molecule has 0 radical (unpaired) electrons. The van der Waals surface area contributed by atoms with E-state index in [4.69, 9.17) is 5.73 Å². The molecular weight excluding hydrogens is 172 g/mol. The van der Waals surface area contributed by atoms with Gasteiger partial charge in [-0.1, -0.05) is 13.3 Å². The van der Waals surface area contributed by atoms with Crippen molar-refractivity contribution in [1.29, 1.82) is 0 Å². The van der Waals surface area contributed by atoms with Crippen molar-refractivity contribution >= 4 is 0 Å². The van der Waals surface area contributed by atoms with Gasteiger partial charge >= 0.3 is 0 Å². The standard InChI is InChI=1S/C12H24N2/c1-10-5-6-14(8-10)9-12-4-2-3-11(12)7-13/h10-12H,2-9,13H2,1H3. The normalized spacial score (nSPS) is 39.4. The average Bonchev–Trinajstić information content (AvgIpc) is 2.76. The second-order valence-corrected chi connectivity index (χ2v) is 5.34. The van der Waals surface area contributed by atoms with Crippen molar-refractivity contribution in [2.75, 3.05) is 26.2 Å². The molecule has 3 atom stereocenters. The minimum Gasteiger partial charge on any atom is -0.330 e. The predicted molar refractivity (Wildman–Crippen MR) is 60.1 cm³/mol. The Labute approximate surface area is 87.8 Å². The lowest BCUT2D eigenvalue weighted by Crippen LogP contribution is -2.31. The van der Waals surface area contributed by atoms with Gasteiger partial charge in [0, 0.05) is 13.1 Å². The molecule has 0 aromatic carbocycles. The van der Waals surface area contributed by atoms with Crippen LogP contribution in [0.1, 0.15) is 32.6 Å². The molecule has 2 fully saturated rings. The maximum absolute atomic E-state index is 5.81. The first kappa shape index (κ1) is 10.4. The van der Waals surface area contributed by atoms with Crippen molar-refractivity contribution in [2.45, 2.75) is 32.6 Å². The molecule has 2 heteroatoms. The number of nitrogens with zero attached hydrogens (tertiary/aromatic N) is 1. The predicted octanol–water partition coefficient (Wildman–Crippen LogP) is 1.70. The summed E-state index contributed by atoms with van der Waals surface area (Å²) in [7, 11) is 0. The molecule has 2 N–H and O–H groups in total. The van der Waals surface area contributed by atoms with Gasteiger partial charge in [0.05, 0.1) is 0 Å². The van der Waals surface area contributed by atoms with Gasteiger partial charge in [0.2, 0.25) is 0 Å². The molecule has 2 aliphatic rings. The average molecular weight is 196 g/mol. The Hall–Kier alpha value is -0.0800. The van der Waals surface area contributed by atoms with Gasteiger partial charge in [0.15, 0.2) is 0 Å². The van der Waals surface area contributed by atoms with E-state index in [-0.39, 0.29) is 0 Å². The van der Waals surface area contributed by atoms with Crippen LogP contribution in [0.4, 0.5) is 0 Å². The molecule has 3 unspecified atom stereocenters. The lowest BCUT2D eigenvalue weighted by atomic mass is 9.96. The quantitative estimate of drug-likeness (QED) is 0.744. The number of likely N-dealkylation sites (tertiary alicyclic amines) is 1. The van der Waals surface area contributed by atoms with Crippen LogP contribution in [0.3, 0.4) is 0 Å². The highest BCUT2D eigenvalue weighted by atomic mass is 15.1. The molecular formula is C12H24N2. The molecule has 0 amide bonds. The summed E-state index contributed by atoms with van der Waals surface area (Å²) in [5, 5.41) is 0. The molecule has 2 nitrogen and oxygen atoms in total. The summed E-state index contributed by atoms with van der Waals surface area (Å²) in [6, 6.07) is 0. The zero-order valence-corrected chi connectivity index (χ0v) is 9.41. The third-order valence-electron chi connectivity index (χ3n) is 4.12. The minimum absolute atomic E-state index is 0.825. The van der Waals surface area contributed by atoms with Crippen LogP contribution in [0.25, 0.3) is 0 Å². The van der Waals surface area contributed by atoms with Crippen molar-refractivity contribution in [1.82, 2.24) is 4.90 Å². The van der Waals surface area contributed by atoms with Gasteiger partial charge in [-0.25, -0.2) is 0 Å². The molecule has 0 aromatic heterocycles. The zero-order chi connectivity index (χ0) is 9.97. The zero-order valence-electron chi connectivity index (χ0n) is 9.41. The van der Waals surface area contributed by atoms with Crippen LogP contribution in [-0.2, 0) is 0 Å². The summed E-state index contributed by atoms with van der Waals surface area (Å²) in [4.78, 5) is 2.66. The molecule has 82 valence electrons. The highest BCUT2D eigenvalue weighted by Crippen LogP contribution is 2.32. The number of nitrogens with two attached hydrogens (primary N) is 1. The van der Waals surface area contributed by atoms with E-state index in [1.54, 1.807) is 0 Å². The van der Waals surface area contributed by atoms with Crippen LogP contribution >= 0.6 is 0 Å². The fraction of sp³-hybridized carbons (Fsp3) is 1.00. The van der Waals surface area contributed by atoms with Crippen molar-refractivity contribution < 1.29 is 0 Å². The monoisotopic (exact) mass is 196 g/mol. The van der Waals surface area contributed by atoms with Crippen molar-refractivity contribution in [3.05, 3.63) is 0 Å². The Morgan fingerprint density at radius 3 is 2.64 bits per heavy atom. The molecule has 0 bridgehead atoms. The second-order valence-electron chi connectivity index (χ2n) is 5.34. The lowest BCUT2D eigenvalue weighted by molar-refractivity contribution is 0.238. The molecule has 1 aliphatic heterocycles. The topological polar surface area (TPSA) is 29.3 Å². The van der Waals surface area contributed by atoms with E-state index in [2.05, 4.69) is 11.8 Å². The second kappa shape index (κ2) is 4.63. The molecule has 0 spiro atoms. The van der Waals surface area contributed by atoms with Crippen molar-refractivity contribution in [3.63, 3.8) is 0 Å². The summed E-state index contributed by atoms with van der Waals surface area (Å²) in [5.41, 5.74) is 5.81. The summed E-state index contributed by atoms with van der Waals surface area (Å²) in [5.74, 6) is 2.66. The van der Waals surface area contributed by atoms with Gasteiger partial charge < -0.3 is 10.6 Å². The largest absolute Gasteiger partial charge is 0.330 e. The van der Waals surface area contributed by atoms with Gasteiger partial charge in [0.25, 0.3) is 0 Å². The Balaban J connectivity index is 1.79. The molecule has 14 heavy (non-hydrogen) atoms. The van der Waals surface area contributed by atoms with Crippen LogP contribution in [0.5, 0.6) is 0 Å². The van der Waals surface area contributed by atoms with E-state index < -0.39 is 0 Å². The first-order valence-electron chi connectivity index (χ1n) is 6.22. The number of hydrogen-bond acceptors (Lipinski definition) is 2. The van der Waals surface area contributed by atoms with E-state index in [1.165, 1.54) is 45.3 Å². The third kappa shape index (κ3) is 2.29. The van der Waals surface area contributed by atoms with E-state index in [1.807, 2.05) is 0 Å². The van der Waals surface area contributed by atoms with Crippen LogP contribution in [0, 0.1) is 17.8 Å². The fourth-order valence-corrected chi connectivity index (χ4v) is 3.19. The maximum Gasteiger partial charge on any atom is 0.00129 e. The van der Waals surface area contributed by atoms with Gasteiger partial charge in [0.1, 0.15) is 0 Å². The van der Waals surface area contributed by atoms with Crippen LogP contribution in [-0.4, -0.2) is 31.1 Å². The first-order chi connectivity index (χ1) is 6.79. The van der Waals surface area contributed by atoms with Crippen LogP contribution < -0.4 is 5.73 Å². The summed E-state index contributed by atoms with van der Waals surface area (Å²) in [6.45, 7) is 7.26. The van der Waals surface area contributed by atoms with Crippen LogP contribution in [0.2, 0.25) is 0 Å². The molecule has 2 rings (SSSR count). The smallest absolute Gasteiger partial charge is 0.00129 e. The SMILES string of the molecule is CC1CCN(CC2CCCC2CN)C1. The molecule has 1 saturated heterocycles. The Kier molecular flexibility index (Phi) is 3.45. The fourth-order valence-electron chi connectivity index (χ4n) is 3.19. The van der Waals surface area contributed by atoms with Crippen LogP contribution in [0.15, 0.2) is 0 Å². The van der Waals surface area contributed by atoms with E-state index in [0.29, 0.717) is 0 Å². The molecule has 1 aliphatic carbocycles. The number of hydrogen-bond donors (Lipinski definition) is 1. The highest BCUT2D eigenvalue weighted by Gasteiger charge is 2.29. The van der Waals surface area contributed by atoms with Crippen molar-refractivity contribution in [2.24, 2.45) is 23.5 Å². The Bertz CT molecular complexity index is 181. The molecule has 1 saturated carbocycles. The highest BCUT2D eigenvalue weighted by molar-refractivity contribution is 4.83. The maximum atomic E-state index is 5.81. The summed E-state index contributed by atoms with van der Waals surface area (Å²) in [6.07, 6.45) is 5.62. The van der Waals surface area contributed by atoms with Gasteiger partial charge in [-0.15, -0.1) is 0 Å². The summed E-state index contributed by atoms with van der Waals surface area (Å²) >= 11 is 0. The van der Waals surface area contributed by atoms with E-state index in [0.717, 1.165) is 24.3 Å².